The number of ether oxygens (including phenoxy) is 1. The van der Waals surface area contributed by atoms with Gasteiger partial charge in [-0.25, -0.2) is 0 Å². The molecule has 126 valence electrons. The van der Waals surface area contributed by atoms with Crippen LogP contribution in [-0.2, 0) is 4.74 Å². The minimum absolute atomic E-state index is 0.0660. The van der Waals surface area contributed by atoms with Crippen LogP contribution in [0.5, 0.6) is 5.75 Å². The number of phenols is 1. The van der Waals surface area contributed by atoms with Crippen molar-refractivity contribution >= 4 is 28.1 Å². The fraction of sp³-hybridized carbons (Fsp3) is 0.500. The highest BCUT2D eigenvalue weighted by atomic mass is 35.5. The molecule has 0 aromatic heterocycles. The molecule has 3 nitrogen and oxygen atoms in total. The summed E-state index contributed by atoms with van der Waals surface area (Å²) in [5.74, 6) is 1.28. The summed E-state index contributed by atoms with van der Waals surface area (Å²) >= 11 is 6.35. The molecule has 5 rings (SSSR count). The predicted octanol–water partition coefficient (Wildman–Crippen LogP) is 4.32. The Balaban J connectivity index is 1.69. The molecule has 2 aliphatic carbocycles. The fourth-order valence-corrected chi connectivity index (χ4v) is 5.24. The van der Waals surface area contributed by atoms with Gasteiger partial charge >= 0.3 is 0 Å². The van der Waals surface area contributed by atoms with Gasteiger partial charge in [0.2, 0.25) is 0 Å². The highest BCUT2D eigenvalue weighted by molar-refractivity contribution is 6.19. The number of benzene rings is 2. The SMILES string of the molecule is CCOC12CC1(N1C[C@@H](CCl)c3c1cc(O)c1cccc(C)c31)C2. The number of fused-ring (bicyclic) bond motifs is 4. The van der Waals surface area contributed by atoms with Crippen molar-refractivity contribution in [3.63, 3.8) is 0 Å². The van der Waals surface area contributed by atoms with E-state index in [1.54, 1.807) is 0 Å². The summed E-state index contributed by atoms with van der Waals surface area (Å²) in [5.41, 5.74) is 3.91. The maximum Gasteiger partial charge on any atom is 0.125 e. The quantitative estimate of drug-likeness (QED) is 0.839. The molecule has 2 aromatic rings. The summed E-state index contributed by atoms with van der Waals surface area (Å²) in [6.45, 7) is 5.88. The van der Waals surface area contributed by atoms with Crippen LogP contribution < -0.4 is 4.90 Å². The Morgan fingerprint density at radius 2 is 2.17 bits per heavy atom. The van der Waals surface area contributed by atoms with Gasteiger partial charge in [-0.3, -0.25) is 0 Å². The zero-order valence-electron chi connectivity index (χ0n) is 14.1. The number of aryl methyl sites for hydroxylation is 1. The minimum atomic E-state index is 0.0660. The van der Waals surface area contributed by atoms with Crippen molar-refractivity contribution < 1.29 is 9.84 Å². The summed E-state index contributed by atoms with van der Waals surface area (Å²) < 4.78 is 6.02. The van der Waals surface area contributed by atoms with Crippen molar-refractivity contribution in [1.29, 1.82) is 0 Å². The largest absolute Gasteiger partial charge is 0.507 e. The topological polar surface area (TPSA) is 32.7 Å². The molecule has 1 atom stereocenters. The van der Waals surface area contributed by atoms with E-state index in [4.69, 9.17) is 16.3 Å². The number of hydrogen-bond acceptors (Lipinski definition) is 3. The van der Waals surface area contributed by atoms with E-state index in [-0.39, 0.29) is 11.1 Å². The molecule has 1 heterocycles. The first kappa shape index (κ1) is 14.9. The standard InChI is InChI=1S/C20H22ClNO2/c1-3-24-20-10-19(20,11-20)22-9-13(8-21)18-15(22)7-16(23)14-6-4-5-12(2)17(14)18/h4-7,13,23H,3,8-11H2,1-2H3/t13-,19?,20?/m1/s1. The lowest BCUT2D eigenvalue weighted by molar-refractivity contribution is 0.0857. The smallest absolute Gasteiger partial charge is 0.125 e. The average Bonchev–Trinajstić information content (AvgIpc) is 3.30. The van der Waals surface area contributed by atoms with E-state index >= 15 is 0 Å². The van der Waals surface area contributed by atoms with E-state index in [1.807, 2.05) is 18.2 Å². The third-order valence-electron chi connectivity index (χ3n) is 6.35. The lowest BCUT2D eigenvalue weighted by Gasteiger charge is -2.23. The molecule has 0 spiro atoms. The van der Waals surface area contributed by atoms with Crippen LogP contribution in [0, 0.1) is 6.92 Å². The van der Waals surface area contributed by atoms with Gasteiger partial charge in [-0.2, -0.15) is 0 Å². The van der Waals surface area contributed by atoms with E-state index < -0.39 is 0 Å². The second-order valence-corrected chi connectivity index (χ2v) is 7.91. The van der Waals surface area contributed by atoms with Crippen molar-refractivity contribution in [2.45, 2.75) is 43.7 Å². The molecule has 0 amide bonds. The molecule has 2 aromatic carbocycles. The van der Waals surface area contributed by atoms with Gasteiger partial charge in [-0.1, -0.05) is 18.2 Å². The Morgan fingerprint density at radius 3 is 2.88 bits per heavy atom. The number of alkyl halides is 1. The molecule has 0 radical (unpaired) electrons. The number of phenolic OH excluding ortho intramolecular Hbond substituents is 1. The van der Waals surface area contributed by atoms with Gasteiger partial charge in [-0.15, -0.1) is 11.6 Å². The van der Waals surface area contributed by atoms with Gasteiger partial charge in [0, 0.05) is 54.9 Å². The van der Waals surface area contributed by atoms with E-state index in [2.05, 4.69) is 24.8 Å². The molecule has 2 saturated carbocycles. The number of aromatic hydroxyl groups is 1. The summed E-state index contributed by atoms with van der Waals surface area (Å²) in [6, 6.07) is 8.08. The van der Waals surface area contributed by atoms with Crippen molar-refractivity contribution in [1.82, 2.24) is 0 Å². The molecule has 0 unspecified atom stereocenters. The number of halogens is 1. The van der Waals surface area contributed by atoms with E-state index in [9.17, 15) is 5.11 Å². The predicted molar refractivity (Wildman–Crippen MR) is 97.5 cm³/mol. The third-order valence-corrected chi connectivity index (χ3v) is 6.72. The van der Waals surface area contributed by atoms with Crippen LogP contribution in [0.4, 0.5) is 5.69 Å². The maximum atomic E-state index is 10.6. The zero-order valence-corrected chi connectivity index (χ0v) is 14.9. The normalized spacial score (nSPS) is 32.8. The Labute approximate surface area is 147 Å². The second kappa shape index (κ2) is 4.59. The van der Waals surface area contributed by atoms with Gasteiger partial charge in [0.1, 0.15) is 5.75 Å². The van der Waals surface area contributed by atoms with Crippen LogP contribution in [0.15, 0.2) is 24.3 Å². The van der Waals surface area contributed by atoms with Crippen molar-refractivity contribution in [2.24, 2.45) is 0 Å². The zero-order chi connectivity index (χ0) is 16.7. The molecule has 1 N–H and O–H groups in total. The lowest BCUT2D eigenvalue weighted by atomic mass is 9.92. The Hall–Kier alpha value is -1.45. The highest BCUT2D eigenvalue weighted by Gasteiger charge is 2.88. The highest BCUT2D eigenvalue weighted by Crippen LogP contribution is 2.77. The number of anilines is 1. The molecular weight excluding hydrogens is 322 g/mol. The lowest BCUT2D eigenvalue weighted by Crippen LogP contribution is -2.30. The van der Waals surface area contributed by atoms with Crippen LogP contribution in [0.25, 0.3) is 10.8 Å². The molecule has 0 saturated heterocycles. The van der Waals surface area contributed by atoms with E-state index in [1.165, 1.54) is 22.2 Å². The first-order valence-corrected chi connectivity index (χ1v) is 9.33. The van der Waals surface area contributed by atoms with Crippen LogP contribution >= 0.6 is 11.6 Å². The summed E-state index contributed by atoms with van der Waals surface area (Å²) in [5, 5.41) is 12.7. The molecule has 4 heteroatoms. The summed E-state index contributed by atoms with van der Waals surface area (Å²) in [7, 11) is 0. The van der Waals surface area contributed by atoms with Gasteiger partial charge in [-0.05, 0) is 30.4 Å². The second-order valence-electron chi connectivity index (χ2n) is 7.60. The molecule has 24 heavy (non-hydrogen) atoms. The summed E-state index contributed by atoms with van der Waals surface area (Å²) in [6.07, 6.45) is 2.21. The minimum Gasteiger partial charge on any atom is -0.507 e. The number of nitrogens with zero attached hydrogens (tertiary/aromatic N) is 1. The van der Waals surface area contributed by atoms with Crippen molar-refractivity contribution in [2.75, 3.05) is 23.9 Å². The van der Waals surface area contributed by atoms with Crippen LogP contribution in [0.1, 0.15) is 36.8 Å². The molecular formula is C20H22ClNO2. The third kappa shape index (κ3) is 1.62. The summed E-state index contributed by atoms with van der Waals surface area (Å²) in [4.78, 5) is 2.48. The van der Waals surface area contributed by atoms with Gasteiger partial charge in [0.05, 0.1) is 11.1 Å². The molecule has 0 bridgehead atoms. The first-order valence-electron chi connectivity index (χ1n) is 8.79. The van der Waals surface area contributed by atoms with Crippen LogP contribution in [0.2, 0.25) is 0 Å². The molecule has 2 fully saturated rings. The van der Waals surface area contributed by atoms with Gasteiger partial charge in [0.15, 0.2) is 0 Å². The molecule has 1 aliphatic heterocycles. The van der Waals surface area contributed by atoms with Crippen molar-refractivity contribution in [3.05, 3.63) is 35.4 Å². The fourth-order valence-electron chi connectivity index (χ4n) is 4.98. The molecule has 3 aliphatic rings. The maximum absolute atomic E-state index is 10.6. The number of rotatable bonds is 4. The Kier molecular flexibility index (Phi) is 2.84. The van der Waals surface area contributed by atoms with E-state index in [0.717, 1.165) is 31.4 Å². The van der Waals surface area contributed by atoms with Crippen molar-refractivity contribution in [3.8, 4) is 5.75 Å². The van der Waals surface area contributed by atoms with Gasteiger partial charge < -0.3 is 14.7 Å². The number of hydrogen-bond donors (Lipinski definition) is 1. The van der Waals surface area contributed by atoms with Gasteiger partial charge in [0.25, 0.3) is 0 Å². The van der Waals surface area contributed by atoms with Crippen LogP contribution in [-0.4, -0.2) is 35.3 Å². The van der Waals surface area contributed by atoms with Crippen LogP contribution in [0.3, 0.4) is 0 Å². The Morgan fingerprint density at radius 1 is 1.38 bits per heavy atom. The monoisotopic (exact) mass is 343 g/mol. The van der Waals surface area contributed by atoms with E-state index in [0.29, 0.717) is 17.5 Å². The first-order chi connectivity index (χ1) is 11.6. The average molecular weight is 344 g/mol. The Bertz CT molecular complexity index is 856.